The Bertz CT molecular complexity index is 306. The third kappa shape index (κ3) is 3.35. The predicted molar refractivity (Wildman–Crippen MR) is 67.8 cm³/mol. The van der Waals surface area contributed by atoms with Gasteiger partial charge in [0.2, 0.25) is 0 Å². The van der Waals surface area contributed by atoms with Crippen LogP contribution >= 0.6 is 0 Å². The number of anilines is 3. The van der Waals surface area contributed by atoms with Crippen molar-refractivity contribution < 1.29 is 0 Å². The molecule has 3 nitrogen and oxygen atoms in total. The molecule has 0 spiro atoms. The van der Waals surface area contributed by atoms with Crippen molar-refractivity contribution in [2.45, 2.75) is 26.7 Å². The van der Waals surface area contributed by atoms with Gasteiger partial charge < -0.3 is 16.8 Å². The number of nitrogen functional groups attached to an aromatic ring is 2. The largest absolute Gasteiger partial charge is 0.397 e. The summed E-state index contributed by atoms with van der Waals surface area (Å²) in [5, 5.41) is 3.38. The lowest BCUT2D eigenvalue weighted by Crippen LogP contribution is -2.12. The highest BCUT2D eigenvalue weighted by molar-refractivity contribution is 5.69. The summed E-state index contributed by atoms with van der Waals surface area (Å²) in [6.45, 7) is 5.43. The Hall–Kier alpha value is -1.38. The highest BCUT2D eigenvalue weighted by Gasteiger charge is 2.03. The molecule has 0 amide bonds. The van der Waals surface area contributed by atoms with Crippen molar-refractivity contribution in [3.05, 3.63) is 18.2 Å². The van der Waals surface area contributed by atoms with Crippen LogP contribution in [0.2, 0.25) is 0 Å². The molecule has 0 atom stereocenters. The summed E-state index contributed by atoms with van der Waals surface area (Å²) < 4.78 is 0. The Labute approximate surface area is 91.9 Å². The molecule has 1 rings (SSSR count). The fourth-order valence-electron chi connectivity index (χ4n) is 1.52. The van der Waals surface area contributed by atoms with Crippen LogP contribution in [0.4, 0.5) is 17.1 Å². The zero-order chi connectivity index (χ0) is 11.3. The molecule has 0 fully saturated rings. The second kappa shape index (κ2) is 5.49. The van der Waals surface area contributed by atoms with E-state index < -0.39 is 0 Å². The van der Waals surface area contributed by atoms with Crippen LogP contribution in [-0.4, -0.2) is 6.54 Å². The van der Waals surface area contributed by atoms with E-state index in [0.29, 0.717) is 11.4 Å². The molecule has 5 N–H and O–H groups in total. The molecule has 0 aromatic heterocycles. The van der Waals surface area contributed by atoms with Crippen molar-refractivity contribution >= 4 is 17.1 Å². The molecule has 15 heavy (non-hydrogen) atoms. The van der Waals surface area contributed by atoms with Crippen molar-refractivity contribution in [1.29, 1.82) is 0 Å². The molecule has 84 valence electrons. The average molecular weight is 207 g/mol. The molecule has 3 heteroatoms. The highest BCUT2D eigenvalue weighted by Crippen LogP contribution is 2.20. The van der Waals surface area contributed by atoms with Gasteiger partial charge >= 0.3 is 0 Å². The van der Waals surface area contributed by atoms with E-state index in [0.717, 1.165) is 18.2 Å². The summed E-state index contributed by atoms with van der Waals surface area (Å²) in [6.07, 6.45) is 2.40. The van der Waals surface area contributed by atoms with Gasteiger partial charge in [-0.05, 0) is 24.1 Å². The minimum atomic E-state index is 0.642. The number of hydrogen-bond donors (Lipinski definition) is 3. The Morgan fingerprint density at radius 3 is 2.33 bits per heavy atom. The van der Waals surface area contributed by atoms with Gasteiger partial charge in [0.1, 0.15) is 0 Å². The Kier molecular flexibility index (Phi) is 4.28. The number of nitrogens with one attached hydrogen (secondary N) is 1. The maximum Gasteiger partial charge on any atom is 0.0568 e. The smallest absolute Gasteiger partial charge is 0.0568 e. The molecule has 0 saturated heterocycles. The van der Waals surface area contributed by atoms with E-state index in [2.05, 4.69) is 19.2 Å². The zero-order valence-electron chi connectivity index (χ0n) is 9.59. The van der Waals surface area contributed by atoms with Crippen molar-refractivity contribution in [1.82, 2.24) is 0 Å². The van der Waals surface area contributed by atoms with Crippen LogP contribution in [0.5, 0.6) is 0 Å². The number of benzene rings is 1. The minimum Gasteiger partial charge on any atom is -0.397 e. The Morgan fingerprint density at radius 2 is 1.80 bits per heavy atom. The maximum atomic E-state index is 5.73. The molecule has 0 aliphatic heterocycles. The summed E-state index contributed by atoms with van der Waals surface area (Å²) in [5.74, 6) is 0.726. The average Bonchev–Trinajstić information content (AvgIpc) is 2.24. The summed E-state index contributed by atoms with van der Waals surface area (Å²) in [6, 6.07) is 5.69. The van der Waals surface area contributed by atoms with Crippen LogP contribution in [0.1, 0.15) is 26.7 Å². The molecule has 0 unspecified atom stereocenters. The normalized spacial score (nSPS) is 10.6. The van der Waals surface area contributed by atoms with Gasteiger partial charge in [0, 0.05) is 12.2 Å². The van der Waals surface area contributed by atoms with Gasteiger partial charge in [-0.15, -0.1) is 0 Å². The van der Waals surface area contributed by atoms with Gasteiger partial charge in [-0.25, -0.2) is 0 Å². The van der Waals surface area contributed by atoms with Crippen LogP contribution in [0.25, 0.3) is 0 Å². The number of rotatable bonds is 5. The third-order valence-electron chi connectivity index (χ3n) is 2.84. The molecule has 1 aromatic carbocycles. The van der Waals surface area contributed by atoms with Crippen LogP contribution < -0.4 is 16.8 Å². The molecule has 0 bridgehead atoms. The standard InChI is InChI=1S/C12H21N3/c1-3-9(4-2)8-15-10-5-6-11(13)12(14)7-10/h5-7,9,15H,3-4,8,13-14H2,1-2H3. The summed E-state index contributed by atoms with van der Waals surface area (Å²) in [4.78, 5) is 0. The quantitative estimate of drug-likeness (QED) is 0.650. The predicted octanol–water partition coefficient (Wildman–Crippen LogP) is 2.70. The lowest BCUT2D eigenvalue weighted by molar-refractivity contribution is 0.519. The van der Waals surface area contributed by atoms with Crippen molar-refractivity contribution in [3.8, 4) is 0 Å². The van der Waals surface area contributed by atoms with E-state index in [1.807, 2.05) is 18.2 Å². The monoisotopic (exact) mass is 207 g/mol. The molecule has 0 aliphatic carbocycles. The van der Waals surface area contributed by atoms with Crippen LogP contribution in [0.15, 0.2) is 18.2 Å². The van der Waals surface area contributed by atoms with Crippen LogP contribution in [0.3, 0.4) is 0 Å². The topological polar surface area (TPSA) is 64.1 Å². The van der Waals surface area contributed by atoms with Crippen LogP contribution in [-0.2, 0) is 0 Å². The lowest BCUT2D eigenvalue weighted by atomic mass is 10.0. The molecule has 0 radical (unpaired) electrons. The minimum absolute atomic E-state index is 0.642. The van der Waals surface area contributed by atoms with Gasteiger partial charge in [0.05, 0.1) is 11.4 Å². The summed E-state index contributed by atoms with van der Waals surface area (Å²) in [7, 11) is 0. The SMILES string of the molecule is CCC(CC)CNc1ccc(N)c(N)c1. The molecular formula is C12H21N3. The first-order valence-electron chi connectivity index (χ1n) is 5.56. The second-order valence-corrected chi connectivity index (χ2v) is 3.91. The molecule has 1 aromatic rings. The van der Waals surface area contributed by atoms with E-state index >= 15 is 0 Å². The maximum absolute atomic E-state index is 5.73. The second-order valence-electron chi connectivity index (χ2n) is 3.91. The van der Waals surface area contributed by atoms with Gasteiger partial charge in [0.25, 0.3) is 0 Å². The van der Waals surface area contributed by atoms with Crippen molar-refractivity contribution in [2.24, 2.45) is 5.92 Å². The molecule has 0 heterocycles. The van der Waals surface area contributed by atoms with E-state index in [1.165, 1.54) is 12.8 Å². The first-order chi connectivity index (χ1) is 7.17. The fourth-order valence-corrected chi connectivity index (χ4v) is 1.52. The van der Waals surface area contributed by atoms with E-state index in [1.54, 1.807) is 0 Å². The zero-order valence-corrected chi connectivity index (χ0v) is 9.59. The van der Waals surface area contributed by atoms with Crippen molar-refractivity contribution in [3.63, 3.8) is 0 Å². The fraction of sp³-hybridized carbons (Fsp3) is 0.500. The number of hydrogen-bond acceptors (Lipinski definition) is 3. The molecule has 0 saturated carbocycles. The summed E-state index contributed by atoms with van der Waals surface area (Å²) in [5.41, 5.74) is 13.7. The van der Waals surface area contributed by atoms with Gasteiger partial charge in [0.15, 0.2) is 0 Å². The van der Waals surface area contributed by atoms with E-state index in [9.17, 15) is 0 Å². The highest BCUT2D eigenvalue weighted by atomic mass is 14.9. The van der Waals surface area contributed by atoms with Gasteiger partial charge in [-0.2, -0.15) is 0 Å². The van der Waals surface area contributed by atoms with E-state index in [-0.39, 0.29) is 0 Å². The van der Waals surface area contributed by atoms with Gasteiger partial charge in [-0.1, -0.05) is 26.7 Å². The van der Waals surface area contributed by atoms with Crippen molar-refractivity contribution in [2.75, 3.05) is 23.3 Å². The van der Waals surface area contributed by atoms with Crippen LogP contribution in [0, 0.1) is 5.92 Å². The lowest BCUT2D eigenvalue weighted by Gasteiger charge is -2.14. The third-order valence-corrected chi connectivity index (χ3v) is 2.84. The first kappa shape index (κ1) is 11.7. The molecule has 0 aliphatic rings. The van der Waals surface area contributed by atoms with Gasteiger partial charge in [-0.3, -0.25) is 0 Å². The number of nitrogens with two attached hydrogens (primary N) is 2. The summed E-state index contributed by atoms with van der Waals surface area (Å²) >= 11 is 0. The Balaban J connectivity index is 2.54. The van der Waals surface area contributed by atoms with E-state index in [4.69, 9.17) is 11.5 Å². The Morgan fingerprint density at radius 1 is 1.13 bits per heavy atom. The molecular weight excluding hydrogens is 186 g/mol. The first-order valence-corrected chi connectivity index (χ1v) is 5.56.